The van der Waals surface area contributed by atoms with Crippen LogP contribution in [0.3, 0.4) is 0 Å². The van der Waals surface area contributed by atoms with Gasteiger partial charge in [-0.1, -0.05) is 162 Å². The first-order chi connectivity index (χ1) is 32.8. The first-order valence-corrected chi connectivity index (χ1v) is 24.2. The Kier molecular flexibility index (Phi) is 7.88. The summed E-state index contributed by atoms with van der Waals surface area (Å²) in [6.45, 7) is 11.6. The summed E-state index contributed by atoms with van der Waals surface area (Å²) in [5, 5.41) is 18.4. The van der Waals surface area contributed by atoms with E-state index in [2.05, 4.69) is 185 Å². The molecule has 1 N–H and O–H groups in total. The molecule has 6 nitrogen and oxygen atoms in total. The summed E-state index contributed by atoms with van der Waals surface area (Å²) < 4.78 is 6.01. The number of ether oxygens (including phenoxy) is 1. The van der Waals surface area contributed by atoms with Crippen LogP contribution in [0.5, 0.6) is 0 Å². The second kappa shape index (κ2) is 13.5. The lowest BCUT2D eigenvalue weighted by Crippen LogP contribution is -2.39. The Morgan fingerprint density at radius 3 is 2.03 bits per heavy atom. The van der Waals surface area contributed by atoms with Crippen LogP contribution < -0.4 is 4.90 Å². The van der Waals surface area contributed by atoms with Crippen LogP contribution in [0, 0.1) is 0 Å². The molecule has 0 bridgehead atoms. The molecule has 9 aromatic carbocycles. The molecule has 6 heteroatoms. The molecule has 0 radical (unpaired) electrons. The van der Waals surface area contributed by atoms with Crippen molar-refractivity contribution in [1.29, 1.82) is 0 Å². The van der Waals surface area contributed by atoms with Gasteiger partial charge >= 0.3 is 5.97 Å². The lowest BCUT2D eigenvalue weighted by atomic mass is 9.67. The van der Waals surface area contributed by atoms with Crippen LogP contribution in [-0.4, -0.2) is 40.7 Å². The Balaban J connectivity index is 0.902. The lowest BCUT2D eigenvalue weighted by molar-refractivity contribution is -0.138. The zero-order valence-corrected chi connectivity index (χ0v) is 38.9. The van der Waals surface area contributed by atoms with Gasteiger partial charge in [0.1, 0.15) is 12.6 Å². The number of carboxylic acids is 1. The Bertz CT molecular complexity index is 3730. The number of hydrogen-bond donors (Lipinski definition) is 1. The van der Waals surface area contributed by atoms with Gasteiger partial charge in [-0.05, 0) is 131 Å². The zero-order chi connectivity index (χ0) is 46.2. The third-order valence-electron chi connectivity index (χ3n) is 17.1. The summed E-state index contributed by atoms with van der Waals surface area (Å²) in [6, 6.07) is 53.9. The van der Waals surface area contributed by atoms with Crippen LogP contribution in [0.4, 0.5) is 11.4 Å². The number of carbonyl (C=O) groups excluding carboxylic acids is 1. The van der Waals surface area contributed by atoms with E-state index < -0.39 is 18.7 Å². The summed E-state index contributed by atoms with van der Waals surface area (Å²) >= 11 is 0. The number of fused-ring (bicyclic) bond motifs is 10. The number of allylic oxidation sites excluding steroid dienone is 1. The standard InChI is InChI=1S/C62H50N2O4/c1-60(2)48-14-7-6-11-39(48)40-22-21-36(31-51(40)60)64(37-29-30-62(5)50-16-9-8-15-49(50)61(3,4)52(62)32-37)35-19-17-34(18-20-35)38-23-24-43-45-25-27-46-56-47(58(67)63(33-53(65)66)59-57(46)68-59)28-26-44(55(45)56)42-13-10-12-41(38)54(42)43/h6-28,31-32,37,57,59H,29-30,33H2,1-5H3,(H,65,66). The van der Waals surface area contributed by atoms with Crippen LogP contribution in [0.25, 0.3) is 65.3 Å². The third-order valence-corrected chi connectivity index (χ3v) is 17.1. The van der Waals surface area contributed by atoms with Crippen molar-refractivity contribution in [3.05, 3.63) is 191 Å². The molecule has 4 unspecified atom stereocenters. The number of amides is 1. The molecule has 0 saturated carbocycles. The minimum atomic E-state index is -1.06. The predicted octanol–water partition coefficient (Wildman–Crippen LogP) is 14.1. The van der Waals surface area contributed by atoms with Crippen LogP contribution >= 0.6 is 0 Å². The van der Waals surface area contributed by atoms with Gasteiger partial charge in [-0.15, -0.1) is 0 Å². The summed E-state index contributed by atoms with van der Waals surface area (Å²) in [4.78, 5) is 29.8. The molecular weight excluding hydrogens is 837 g/mol. The molecule has 68 heavy (non-hydrogen) atoms. The number of carbonyl (C=O) groups is 2. The maximum absolute atomic E-state index is 14.0. The van der Waals surface area contributed by atoms with E-state index in [0.29, 0.717) is 5.56 Å². The first-order valence-electron chi connectivity index (χ1n) is 24.2. The van der Waals surface area contributed by atoms with Gasteiger partial charge in [0.15, 0.2) is 6.23 Å². The first kappa shape index (κ1) is 39.8. The number of hydrogen-bond acceptors (Lipinski definition) is 4. The van der Waals surface area contributed by atoms with Gasteiger partial charge in [-0.25, -0.2) is 0 Å². The Hall–Kier alpha value is -7.28. The van der Waals surface area contributed by atoms with E-state index in [1.807, 2.05) is 6.07 Å². The van der Waals surface area contributed by atoms with E-state index in [-0.39, 0.29) is 34.3 Å². The SMILES string of the molecule is CC1(C)C2=CC(N(c3ccc(-c4ccc5c6ccc7c8c(ccc(c9cccc4c95)c86)C(=O)N(CC(=O)O)C4OC74)cc3)c3ccc4c(c3)C(C)(C)c3ccccc3-4)CCC2(C)c2ccccc21. The smallest absolute Gasteiger partial charge is 0.323 e. The highest BCUT2D eigenvalue weighted by Gasteiger charge is 2.52. The van der Waals surface area contributed by atoms with Gasteiger partial charge in [0.25, 0.3) is 5.91 Å². The molecular formula is C62H50N2O4. The predicted molar refractivity (Wildman–Crippen MR) is 273 cm³/mol. The average Bonchev–Trinajstić information content (AvgIpc) is 4.09. The van der Waals surface area contributed by atoms with E-state index in [1.165, 1.54) is 71.6 Å². The largest absolute Gasteiger partial charge is 0.480 e. The van der Waals surface area contributed by atoms with Crippen LogP contribution in [0.15, 0.2) is 157 Å². The van der Waals surface area contributed by atoms with Gasteiger partial charge in [0, 0.05) is 38.6 Å². The van der Waals surface area contributed by atoms with Crippen molar-refractivity contribution in [2.24, 2.45) is 0 Å². The van der Waals surface area contributed by atoms with Crippen molar-refractivity contribution in [2.45, 2.75) is 82.1 Å². The topological polar surface area (TPSA) is 73.4 Å². The number of benzene rings is 9. The maximum atomic E-state index is 14.0. The molecule has 2 aliphatic heterocycles. The van der Waals surface area contributed by atoms with Crippen molar-refractivity contribution >= 4 is 66.3 Å². The van der Waals surface area contributed by atoms with Crippen molar-refractivity contribution < 1.29 is 19.4 Å². The highest BCUT2D eigenvalue weighted by Crippen LogP contribution is 2.59. The lowest BCUT2D eigenvalue weighted by Gasteiger charge is -2.42. The van der Waals surface area contributed by atoms with E-state index in [1.54, 1.807) is 0 Å². The van der Waals surface area contributed by atoms with Crippen molar-refractivity contribution in [3.63, 3.8) is 0 Å². The van der Waals surface area contributed by atoms with Gasteiger partial charge in [-0.2, -0.15) is 0 Å². The Labute approximate surface area is 395 Å². The van der Waals surface area contributed by atoms with Crippen LogP contribution in [-0.2, 0) is 25.8 Å². The van der Waals surface area contributed by atoms with Gasteiger partial charge in [0.2, 0.25) is 0 Å². The summed E-state index contributed by atoms with van der Waals surface area (Å²) in [5.74, 6) is -1.36. The summed E-state index contributed by atoms with van der Waals surface area (Å²) in [5.41, 5.74) is 15.9. The van der Waals surface area contributed by atoms with Crippen LogP contribution in [0.1, 0.15) is 91.7 Å². The monoisotopic (exact) mass is 886 g/mol. The molecule has 332 valence electrons. The maximum Gasteiger partial charge on any atom is 0.323 e. The molecule has 4 atom stereocenters. The fourth-order valence-corrected chi connectivity index (χ4v) is 13.9. The van der Waals surface area contributed by atoms with Crippen molar-refractivity contribution in [1.82, 2.24) is 4.90 Å². The number of aliphatic carboxylic acids is 1. The fourth-order valence-electron chi connectivity index (χ4n) is 13.9. The van der Waals surface area contributed by atoms with Crippen molar-refractivity contribution in [2.75, 3.05) is 11.4 Å². The zero-order valence-electron chi connectivity index (χ0n) is 38.9. The number of nitrogens with zero attached hydrogens (tertiary/aromatic N) is 2. The number of epoxide rings is 1. The third kappa shape index (κ3) is 5.16. The molecule has 3 aliphatic carbocycles. The molecule has 5 aliphatic rings. The second-order valence-electron chi connectivity index (χ2n) is 21.3. The fraction of sp³-hybridized carbons (Fsp3) is 0.226. The summed E-state index contributed by atoms with van der Waals surface area (Å²) in [6.07, 6.45) is 3.81. The summed E-state index contributed by atoms with van der Waals surface area (Å²) in [7, 11) is 0. The molecule has 1 saturated heterocycles. The van der Waals surface area contributed by atoms with Gasteiger partial charge in [0.05, 0.1) is 6.04 Å². The molecule has 1 fully saturated rings. The van der Waals surface area contributed by atoms with E-state index in [0.717, 1.165) is 56.3 Å². The van der Waals surface area contributed by atoms with Crippen molar-refractivity contribution in [3.8, 4) is 22.3 Å². The van der Waals surface area contributed by atoms with Gasteiger partial charge in [-0.3, -0.25) is 14.5 Å². The van der Waals surface area contributed by atoms with Gasteiger partial charge < -0.3 is 14.7 Å². The molecule has 1 amide bonds. The highest BCUT2D eigenvalue weighted by molar-refractivity contribution is 6.36. The van der Waals surface area contributed by atoms with E-state index in [9.17, 15) is 14.7 Å². The normalized spacial score (nSPS) is 22.4. The van der Waals surface area contributed by atoms with E-state index >= 15 is 0 Å². The molecule has 9 aromatic rings. The number of rotatable bonds is 6. The number of anilines is 2. The molecule has 0 aromatic heterocycles. The average molecular weight is 887 g/mol. The second-order valence-corrected chi connectivity index (χ2v) is 21.3. The molecule has 0 spiro atoms. The Morgan fingerprint density at radius 1 is 0.618 bits per heavy atom. The Morgan fingerprint density at radius 2 is 1.25 bits per heavy atom. The quantitative estimate of drug-likeness (QED) is 0.0779. The minimum absolute atomic E-state index is 0.00301. The minimum Gasteiger partial charge on any atom is -0.480 e. The molecule has 2 heterocycles. The van der Waals surface area contributed by atoms with E-state index in [4.69, 9.17) is 4.74 Å². The molecule has 14 rings (SSSR count). The number of carboxylic acid groups (broad SMARTS) is 1. The highest BCUT2D eigenvalue weighted by atomic mass is 16.6. The van der Waals surface area contributed by atoms with Crippen LogP contribution in [0.2, 0.25) is 0 Å².